The van der Waals surface area contributed by atoms with E-state index in [4.69, 9.17) is 0 Å². The summed E-state index contributed by atoms with van der Waals surface area (Å²) >= 11 is 0. The normalized spacial score (nSPS) is 15.1. The van der Waals surface area contributed by atoms with Gasteiger partial charge in [0, 0.05) is 37.0 Å². The van der Waals surface area contributed by atoms with Crippen molar-refractivity contribution in [3.05, 3.63) is 72.1 Å². The highest BCUT2D eigenvalue weighted by Crippen LogP contribution is 2.30. The molecule has 0 atom stereocenters. The standard InChI is InChI=1S/C22H20FN5O/c23-15-5-6-18-19(13-15)27-20(26-18)14-7-11-28(12-8-14)22(29)17-4-2-1-3-16(17)21-24-9-10-25-21/h1-6,9-10,13-14H,7-8,11-12H2,(H,24,25)(H,26,27). The number of benzene rings is 2. The van der Waals surface area contributed by atoms with Crippen molar-refractivity contribution in [2.75, 3.05) is 13.1 Å². The first-order valence-electron chi connectivity index (χ1n) is 9.72. The van der Waals surface area contributed by atoms with Crippen LogP contribution >= 0.6 is 0 Å². The number of carbonyl (C=O) groups is 1. The van der Waals surface area contributed by atoms with Gasteiger partial charge < -0.3 is 14.9 Å². The van der Waals surface area contributed by atoms with E-state index >= 15 is 0 Å². The quantitative estimate of drug-likeness (QED) is 0.553. The molecule has 0 spiro atoms. The fourth-order valence-corrected chi connectivity index (χ4v) is 4.01. The van der Waals surface area contributed by atoms with Gasteiger partial charge in [-0.15, -0.1) is 0 Å². The fraction of sp³-hybridized carbons (Fsp3) is 0.227. The van der Waals surface area contributed by atoms with Crippen LogP contribution in [-0.4, -0.2) is 43.8 Å². The molecular formula is C22H20FN5O. The van der Waals surface area contributed by atoms with Gasteiger partial charge in [0.2, 0.25) is 0 Å². The molecule has 1 amide bonds. The Balaban J connectivity index is 1.32. The number of imidazole rings is 2. The van der Waals surface area contributed by atoms with Crippen molar-refractivity contribution in [2.45, 2.75) is 18.8 Å². The Bertz CT molecular complexity index is 1160. The van der Waals surface area contributed by atoms with E-state index in [1.165, 1.54) is 12.1 Å². The third-order valence-electron chi connectivity index (χ3n) is 5.54. The van der Waals surface area contributed by atoms with Gasteiger partial charge in [-0.1, -0.05) is 18.2 Å². The lowest BCUT2D eigenvalue weighted by molar-refractivity contribution is 0.0712. The number of aromatic nitrogens is 4. The summed E-state index contributed by atoms with van der Waals surface area (Å²) in [5, 5.41) is 0. The minimum atomic E-state index is -0.275. The van der Waals surface area contributed by atoms with Crippen molar-refractivity contribution in [2.24, 2.45) is 0 Å². The monoisotopic (exact) mass is 389 g/mol. The van der Waals surface area contributed by atoms with Gasteiger partial charge in [0.1, 0.15) is 17.5 Å². The molecule has 0 bridgehead atoms. The maximum atomic E-state index is 13.4. The molecule has 2 aromatic heterocycles. The van der Waals surface area contributed by atoms with Crippen molar-refractivity contribution >= 4 is 16.9 Å². The average molecular weight is 389 g/mol. The van der Waals surface area contributed by atoms with Gasteiger partial charge in [-0.2, -0.15) is 0 Å². The predicted molar refractivity (Wildman–Crippen MR) is 108 cm³/mol. The molecule has 0 radical (unpaired) electrons. The second-order valence-electron chi connectivity index (χ2n) is 7.33. The van der Waals surface area contributed by atoms with Crippen LogP contribution in [0.25, 0.3) is 22.4 Å². The summed E-state index contributed by atoms with van der Waals surface area (Å²) in [5.74, 6) is 1.53. The lowest BCUT2D eigenvalue weighted by atomic mass is 9.95. The SMILES string of the molecule is O=C(c1ccccc1-c1ncc[nH]1)N1CCC(c2nc3ccc(F)cc3[nH]2)CC1. The van der Waals surface area contributed by atoms with Gasteiger partial charge >= 0.3 is 0 Å². The van der Waals surface area contributed by atoms with Crippen LogP contribution in [0.4, 0.5) is 4.39 Å². The van der Waals surface area contributed by atoms with Crippen molar-refractivity contribution in [1.29, 1.82) is 0 Å². The molecule has 2 N–H and O–H groups in total. The molecule has 0 saturated carbocycles. The fourth-order valence-electron chi connectivity index (χ4n) is 4.01. The van der Waals surface area contributed by atoms with E-state index in [9.17, 15) is 9.18 Å². The third kappa shape index (κ3) is 3.29. The maximum absolute atomic E-state index is 13.4. The first-order chi connectivity index (χ1) is 14.2. The van der Waals surface area contributed by atoms with Crippen LogP contribution in [0.15, 0.2) is 54.9 Å². The Morgan fingerprint density at radius 1 is 1.14 bits per heavy atom. The summed E-state index contributed by atoms with van der Waals surface area (Å²) in [5.41, 5.74) is 2.95. The van der Waals surface area contributed by atoms with Gasteiger partial charge in [0.25, 0.3) is 5.91 Å². The summed E-state index contributed by atoms with van der Waals surface area (Å²) in [6.07, 6.45) is 5.07. The van der Waals surface area contributed by atoms with E-state index in [-0.39, 0.29) is 17.6 Å². The van der Waals surface area contributed by atoms with Gasteiger partial charge in [-0.25, -0.2) is 14.4 Å². The highest BCUT2D eigenvalue weighted by molar-refractivity contribution is 6.00. The third-order valence-corrected chi connectivity index (χ3v) is 5.54. The van der Waals surface area contributed by atoms with E-state index < -0.39 is 0 Å². The van der Waals surface area contributed by atoms with Crippen LogP contribution in [0.2, 0.25) is 0 Å². The molecule has 1 saturated heterocycles. The minimum absolute atomic E-state index is 0.0159. The van der Waals surface area contributed by atoms with Crippen molar-refractivity contribution in [3.8, 4) is 11.4 Å². The number of hydrogen-bond donors (Lipinski definition) is 2. The molecule has 1 fully saturated rings. The number of hydrogen-bond acceptors (Lipinski definition) is 3. The van der Waals surface area contributed by atoms with Gasteiger partial charge in [-0.05, 0) is 37.1 Å². The van der Waals surface area contributed by atoms with Crippen LogP contribution in [0.5, 0.6) is 0 Å². The number of halogens is 1. The molecule has 29 heavy (non-hydrogen) atoms. The van der Waals surface area contributed by atoms with Crippen LogP contribution in [0, 0.1) is 5.82 Å². The van der Waals surface area contributed by atoms with E-state index in [1.807, 2.05) is 29.2 Å². The number of fused-ring (bicyclic) bond motifs is 1. The second kappa shape index (κ2) is 7.16. The van der Waals surface area contributed by atoms with Gasteiger partial charge in [0.15, 0.2) is 0 Å². The smallest absolute Gasteiger partial charge is 0.254 e. The summed E-state index contributed by atoms with van der Waals surface area (Å²) < 4.78 is 13.4. The molecule has 1 aliphatic heterocycles. The summed E-state index contributed by atoms with van der Waals surface area (Å²) in [6, 6.07) is 12.1. The molecule has 0 unspecified atom stereocenters. The minimum Gasteiger partial charge on any atom is -0.345 e. The zero-order valence-electron chi connectivity index (χ0n) is 15.7. The Kier molecular flexibility index (Phi) is 4.35. The number of likely N-dealkylation sites (tertiary alicyclic amines) is 1. The molecule has 4 aromatic rings. The molecule has 2 aromatic carbocycles. The van der Waals surface area contributed by atoms with Gasteiger partial charge in [-0.3, -0.25) is 4.79 Å². The Morgan fingerprint density at radius 2 is 1.97 bits per heavy atom. The van der Waals surface area contributed by atoms with E-state index in [1.54, 1.807) is 18.5 Å². The number of rotatable bonds is 3. The topological polar surface area (TPSA) is 77.7 Å². The molecule has 5 rings (SSSR count). The molecule has 6 nitrogen and oxygen atoms in total. The number of H-pyrrole nitrogens is 2. The molecule has 1 aliphatic rings. The second-order valence-corrected chi connectivity index (χ2v) is 7.33. The zero-order valence-corrected chi connectivity index (χ0v) is 15.7. The largest absolute Gasteiger partial charge is 0.345 e. The van der Waals surface area contributed by atoms with Crippen molar-refractivity contribution in [3.63, 3.8) is 0 Å². The first-order valence-corrected chi connectivity index (χ1v) is 9.72. The Labute approximate surface area is 166 Å². The van der Waals surface area contributed by atoms with Crippen LogP contribution in [0.1, 0.15) is 34.9 Å². The number of nitrogens with one attached hydrogen (secondary N) is 2. The molecule has 3 heterocycles. The summed E-state index contributed by atoms with van der Waals surface area (Å²) in [6.45, 7) is 1.31. The molecule has 7 heteroatoms. The van der Waals surface area contributed by atoms with Crippen LogP contribution in [-0.2, 0) is 0 Å². The lowest BCUT2D eigenvalue weighted by Crippen LogP contribution is -2.38. The molecule has 146 valence electrons. The molecule has 0 aliphatic carbocycles. The van der Waals surface area contributed by atoms with Crippen molar-refractivity contribution < 1.29 is 9.18 Å². The van der Waals surface area contributed by atoms with Crippen LogP contribution in [0.3, 0.4) is 0 Å². The first kappa shape index (κ1) is 17.6. The van der Waals surface area contributed by atoms with E-state index in [0.29, 0.717) is 30.0 Å². The van der Waals surface area contributed by atoms with E-state index in [2.05, 4.69) is 19.9 Å². The van der Waals surface area contributed by atoms with Crippen LogP contribution < -0.4 is 0 Å². The number of nitrogens with zero attached hydrogens (tertiary/aromatic N) is 3. The van der Waals surface area contributed by atoms with E-state index in [0.717, 1.165) is 29.7 Å². The number of amides is 1. The summed E-state index contributed by atoms with van der Waals surface area (Å²) in [4.78, 5) is 30.3. The predicted octanol–water partition coefficient (Wildman–Crippen LogP) is 4.11. The number of piperidine rings is 1. The van der Waals surface area contributed by atoms with Gasteiger partial charge in [0.05, 0.1) is 16.6 Å². The average Bonchev–Trinajstić information content (AvgIpc) is 3.43. The highest BCUT2D eigenvalue weighted by Gasteiger charge is 2.27. The number of aromatic amines is 2. The molecular weight excluding hydrogens is 369 g/mol. The zero-order chi connectivity index (χ0) is 19.8. The Hall–Kier alpha value is -3.48. The highest BCUT2D eigenvalue weighted by atomic mass is 19.1. The maximum Gasteiger partial charge on any atom is 0.254 e. The lowest BCUT2D eigenvalue weighted by Gasteiger charge is -2.31. The summed E-state index contributed by atoms with van der Waals surface area (Å²) in [7, 11) is 0. The van der Waals surface area contributed by atoms with Crippen molar-refractivity contribution in [1.82, 2.24) is 24.8 Å². The Morgan fingerprint density at radius 3 is 2.76 bits per heavy atom. The number of carbonyl (C=O) groups excluding carboxylic acids is 1.